The number of rotatable bonds is 6. The quantitative estimate of drug-likeness (QED) is 0.849. The van der Waals surface area contributed by atoms with Gasteiger partial charge in [-0.1, -0.05) is 32.9 Å². The zero-order valence-electron chi connectivity index (χ0n) is 12.5. The first-order chi connectivity index (χ1) is 9.75. The topological polar surface area (TPSA) is 64.3 Å². The van der Waals surface area contributed by atoms with Gasteiger partial charge in [0.05, 0.1) is 5.56 Å². The van der Waals surface area contributed by atoms with Gasteiger partial charge >= 0.3 is 6.61 Å². The van der Waals surface area contributed by atoms with Crippen molar-refractivity contribution in [1.29, 1.82) is 0 Å². The number of nitrogens with one attached hydrogen (secondary N) is 1. The second-order valence-corrected chi connectivity index (χ2v) is 5.84. The van der Waals surface area contributed by atoms with Crippen molar-refractivity contribution in [2.24, 2.45) is 11.1 Å². The summed E-state index contributed by atoms with van der Waals surface area (Å²) in [7, 11) is 0. The molecule has 0 radical (unpaired) electrons. The number of ether oxygens (including phenoxy) is 1. The summed E-state index contributed by atoms with van der Waals surface area (Å²) in [5.74, 6) is -0.579. The van der Waals surface area contributed by atoms with Crippen LogP contribution in [0.25, 0.3) is 0 Å². The third kappa shape index (κ3) is 5.30. The Morgan fingerprint density at radius 1 is 1.33 bits per heavy atom. The van der Waals surface area contributed by atoms with Gasteiger partial charge in [-0.15, -0.1) is 0 Å². The molecule has 1 unspecified atom stereocenters. The molecule has 1 amide bonds. The van der Waals surface area contributed by atoms with Crippen LogP contribution in [0.3, 0.4) is 0 Å². The molecule has 1 aromatic carbocycles. The zero-order chi connectivity index (χ0) is 16.0. The van der Waals surface area contributed by atoms with Gasteiger partial charge in [0.25, 0.3) is 5.91 Å². The molecule has 4 nitrogen and oxygen atoms in total. The number of halogens is 2. The fourth-order valence-corrected chi connectivity index (χ4v) is 1.98. The Bertz CT molecular complexity index is 473. The first-order valence-electron chi connectivity index (χ1n) is 6.80. The summed E-state index contributed by atoms with van der Waals surface area (Å²) < 4.78 is 29.1. The molecule has 0 fully saturated rings. The van der Waals surface area contributed by atoms with E-state index in [0.29, 0.717) is 13.0 Å². The zero-order valence-corrected chi connectivity index (χ0v) is 12.5. The lowest BCUT2D eigenvalue weighted by Crippen LogP contribution is -2.45. The normalized spacial score (nSPS) is 13.1. The second kappa shape index (κ2) is 7.36. The summed E-state index contributed by atoms with van der Waals surface area (Å²) in [5.41, 5.74) is 5.46. The van der Waals surface area contributed by atoms with E-state index in [-0.39, 0.29) is 22.8 Å². The highest BCUT2D eigenvalue weighted by molar-refractivity contribution is 5.97. The predicted molar refractivity (Wildman–Crippen MR) is 77.5 cm³/mol. The number of hydrogen-bond acceptors (Lipinski definition) is 3. The van der Waals surface area contributed by atoms with Gasteiger partial charge in [-0.25, -0.2) is 0 Å². The second-order valence-electron chi connectivity index (χ2n) is 5.84. The number of alkyl halides is 2. The maximum Gasteiger partial charge on any atom is 0.387 e. The van der Waals surface area contributed by atoms with Crippen molar-refractivity contribution in [1.82, 2.24) is 5.32 Å². The van der Waals surface area contributed by atoms with Gasteiger partial charge in [0, 0.05) is 6.04 Å². The summed E-state index contributed by atoms with van der Waals surface area (Å²) in [6.45, 7) is 3.40. The van der Waals surface area contributed by atoms with Gasteiger partial charge < -0.3 is 15.8 Å². The lowest BCUT2D eigenvalue weighted by atomic mass is 9.84. The third-order valence-electron chi connectivity index (χ3n) is 3.15. The molecule has 0 aromatic heterocycles. The highest BCUT2D eigenvalue weighted by atomic mass is 19.3. The van der Waals surface area contributed by atoms with Gasteiger partial charge in [-0.3, -0.25) is 4.79 Å². The van der Waals surface area contributed by atoms with Crippen LogP contribution in [-0.2, 0) is 0 Å². The van der Waals surface area contributed by atoms with Crippen LogP contribution in [0, 0.1) is 5.41 Å². The van der Waals surface area contributed by atoms with Crippen LogP contribution in [-0.4, -0.2) is 25.1 Å². The SMILES string of the molecule is CC(C)(C)C(CCN)NC(=O)c1ccccc1OC(F)F. The molecule has 118 valence electrons. The van der Waals surface area contributed by atoms with E-state index in [1.165, 1.54) is 18.2 Å². The van der Waals surface area contributed by atoms with Crippen LogP contribution in [0.4, 0.5) is 8.78 Å². The molecule has 0 spiro atoms. The molecule has 1 atom stereocenters. The summed E-state index contributed by atoms with van der Waals surface area (Å²) >= 11 is 0. The van der Waals surface area contributed by atoms with Crippen molar-refractivity contribution in [2.45, 2.75) is 39.8 Å². The molecule has 0 aliphatic rings. The minimum absolute atomic E-state index is 0.0871. The van der Waals surface area contributed by atoms with Crippen LogP contribution < -0.4 is 15.8 Å². The highest BCUT2D eigenvalue weighted by Crippen LogP contribution is 2.24. The molecule has 1 rings (SSSR count). The summed E-state index contributed by atoms with van der Waals surface area (Å²) in [6.07, 6.45) is 0.604. The van der Waals surface area contributed by atoms with Crippen molar-refractivity contribution in [3.05, 3.63) is 29.8 Å². The van der Waals surface area contributed by atoms with E-state index in [0.717, 1.165) is 0 Å². The molecule has 0 bridgehead atoms. The Morgan fingerprint density at radius 2 is 1.95 bits per heavy atom. The summed E-state index contributed by atoms with van der Waals surface area (Å²) in [5, 5.41) is 2.84. The summed E-state index contributed by atoms with van der Waals surface area (Å²) in [6, 6.07) is 5.78. The molecular weight excluding hydrogens is 278 g/mol. The van der Waals surface area contributed by atoms with Crippen molar-refractivity contribution in [3.63, 3.8) is 0 Å². The molecule has 6 heteroatoms. The Labute approximate surface area is 123 Å². The molecular formula is C15H22F2N2O2. The number of benzene rings is 1. The first kappa shape index (κ1) is 17.4. The van der Waals surface area contributed by atoms with Gasteiger partial charge in [0.1, 0.15) is 5.75 Å². The molecule has 0 heterocycles. The van der Waals surface area contributed by atoms with Crippen molar-refractivity contribution in [2.75, 3.05) is 6.54 Å². The first-order valence-corrected chi connectivity index (χ1v) is 6.80. The lowest BCUT2D eigenvalue weighted by Gasteiger charge is -2.31. The van der Waals surface area contributed by atoms with Crippen molar-refractivity contribution in [3.8, 4) is 5.75 Å². The fraction of sp³-hybridized carbons (Fsp3) is 0.533. The number of nitrogens with two attached hydrogens (primary N) is 1. The van der Waals surface area contributed by atoms with Crippen molar-refractivity contribution >= 4 is 5.91 Å². The Kier molecular flexibility index (Phi) is 6.08. The summed E-state index contributed by atoms with van der Waals surface area (Å²) in [4.78, 5) is 12.3. The molecule has 3 N–H and O–H groups in total. The minimum Gasteiger partial charge on any atom is -0.434 e. The Hall–Kier alpha value is -1.69. The molecule has 1 aromatic rings. The minimum atomic E-state index is -2.97. The number of hydrogen-bond donors (Lipinski definition) is 2. The van der Waals surface area contributed by atoms with Crippen LogP contribution in [0.2, 0.25) is 0 Å². The van der Waals surface area contributed by atoms with Gasteiger partial charge in [-0.2, -0.15) is 8.78 Å². The Balaban J connectivity index is 2.92. The van der Waals surface area contributed by atoms with Gasteiger partial charge in [0.2, 0.25) is 0 Å². The number of carbonyl (C=O) groups excluding carboxylic acids is 1. The number of carbonyl (C=O) groups is 1. The molecule has 0 saturated heterocycles. The van der Waals surface area contributed by atoms with E-state index in [4.69, 9.17) is 5.73 Å². The smallest absolute Gasteiger partial charge is 0.387 e. The van der Waals surface area contributed by atoms with Crippen LogP contribution in [0.1, 0.15) is 37.6 Å². The standard InChI is InChI=1S/C15H22F2N2O2/c1-15(2,3)12(8-9-18)19-13(20)10-6-4-5-7-11(10)21-14(16)17/h4-7,12,14H,8-9,18H2,1-3H3,(H,19,20). The van der Waals surface area contributed by atoms with Gasteiger partial charge in [-0.05, 0) is 30.5 Å². The molecule has 0 aliphatic carbocycles. The van der Waals surface area contributed by atoms with Crippen molar-refractivity contribution < 1.29 is 18.3 Å². The monoisotopic (exact) mass is 300 g/mol. The van der Waals surface area contributed by atoms with E-state index >= 15 is 0 Å². The third-order valence-corrected chi connectivity index (χ3v) is 3.15. The lowest BCUT2D eigenvalue weighted by molar-refractivity contribution is -0.0501. The van der Waals surface area contributed by atoms with Crippen LogP contribution in [0.5, 0.6) is 5.75 Å². The van der Waals surface area contributed by atoms with E-state index in [1.54, 1.807) is 6.07 Å². The largest absolute Gasteiger partial charge is 0.434 e. The predicted octanol–water partition coefficient (Wildman–Crippen LogP) is 2.78. The molecule has 0 aliphatic heterocycles. The number of para-hydroxylation sites is 1. The van der Waals surface area contributed by atoms with Crippen LogP contribution >= 0.6 is 0 Å². The van der Waals surface area contributed by atoms with E-state index in [9.17, 15) is 13.6 Å². The molecule has 0 saturated carbocycles. The van der Waals surface area contributed by atoms with E-state index in [2.05, 4.69) is 10.1 Å². The fourth-order valence-electron chi connectivity index (χ4n) is 1.98. The highest BCUT2D eigenvalue weighted by Gasteiger charge is 2.27. The molecule has 21 heavy (non-hydrogen) atoms. The average Bonchev–Trinajstić information content (AvgIpc) is 2.37. The van der Waals surface area contributed by atoms with Crippen LogP contribution in [0.15, 0.2) is 24.3 Å². The van der Waals surface area contributed by atoms with E-state index in [1.807, 2.05) is 20.8 Å². The average molecular weight is 300 g/mol. The number of amides is 1. The maximum atomic E-state index is 12.4. The maximum absolute atomic E-state index is 12.4. The van der Waals surface area contributed by atoms with E-state index < -0.39 is 12.5 Å². The van der Waals surface area contributed by atoms with Gasteiger partial charge in [0.15, 0.2) is 0 Å². The Morgan fingerprint density at radius 3 is 2.48 bits per heavy atom.